The van der Waals surface area contributed by atoms with Crippen molar-refractivity contribution in [1.29, 1.82) is 0 Å². The minimum atomic E-state index is -0.0749. The second kappa shape index (κ2) is 7.63. The van der Waals surface area contributed by atoms with E-state index in [1.165, 1.54) is 5.56 Å². The molecule has 0 saturated heterocycles. The van der Waals surface area contributed by atoms with Gasteiger partial charge in [-0.05, 0) is 53.9 Å². The van der Waals surface area contributed by atoms with Gasteiger partial charge in [-0.2, -0.15) is 0 Å². The molecule has 0 saturated carbocycles. The molecule has 0 atom stereocenters. The number of fused-ring (bicyclic) bond motifs is 4. The van der Waals surface area contributed by atoms with E-state index in [0.29, 0.717) is 16.9 Å². The first-order chi connectivity index (χ1) is 16.5. The number of nitrogens with zero attached hydrogens (tertiary/aromatic N) is 1. The maximum atomic E-state index is 13.7. The van der Waals surface area contributed by atoms with Crippen LogP contribution in [0.25, 0.3) is 43.8 Å². The van der Waals surface area contributed by atoms with E-state index in [9.17, 15) is 4.79 Å². The molecule has 0 aliphatic heterocycles. The van der Waals surface area contributed by atoms with Crippen molar-refractivity contribution in [3.05, 3.63) is 106 Å². The minimum Gasteiger partial charge on any atom is -0.439 e. The molecule has 2 heterocycles. The Balaban J connectivity index is 1.75. The van der Waals surface area contributed by atoms with Gasteiger partial charge in [0.05, 0.1) is 16.5 Å². The number of anilines is 2. The summed E-state index contributed by atoms with van der Waals surface area (Å²) in [6, 6.07) is 28.6. The highest BCUT2D eigenvalue weighted by atomic mass is 16.4. The second-order valence-corrected chi connectivity index (χ2v) is 8.86. The third-order valence-electron chi connectivity index (χ3n) is 6.63. The normalized spacial score (nSPS) is 11.5. The number of aromatic nitrogens is 1. The monoisotopic (exact) mass is 444 g/mol. The fraction of sp³-hybridized carbons (Fsp3) is 0.100. The number of rotatable bonds is 3. The van der Waals surface area contributed by atoms with Crippen LogP contribution in [0.4, 0.5) is 11.6 Å². The molecule has 0 fully saturated rings. The van der Waals surface area contributed by atoms with Crippen LogP contribution < -0.4 is 10.9 Å². The van der Waals surface area contributed by atoms with Gasteiger partial charge in [-0.25, -0.2) is 0 Å². The van der Waals surface area contributed by atoms with Crippen molar-refractivity contribution in [3.63, 3.8) is 0 Å². The number of hydrogen-bond donors (Lipinski definition) is 1. The highest BCUT2D eigenvalue weighted by Crippen LogP contribution is 2.43. The Bertz CT molecular complexity index is 1780. The Labute approximate surface area is 197 Å². The number of para-hydroxylation sites is 1. The van der Waals surface area contributed by atoms with Gasteiger partial charge >= 0.3 is 0 Å². The molecule has 0 bridgehead atoms. The Morgan fingerprint density at radius 2 is 1.56 bits per heavy atom. The van der Waals surface area contributed by atoms with Crippen molar-refractivity contribution in [2.75, 3.05) is 5.32 Å². The molecule has 4 nitrogen and oxygen atoms in total. The molecule has 6 rings (SSSR count). The Hall–Kier alpha value is -4.31. The summed E-state index contributed by atoms with van der Waals surface area (Å²) in [7, 11) is 1.82. The van der Waals surface area contributed by atoms with Crippen LogP contribution in [0.2, 0.25) is 0 Å². The molecule has 4 aromatic carbocycles. The number of aryl methyl sites for hydroxylation is 3. The predicted molar refractivity (Wildman–Crippen MR) is 141 cm³/mol. The van der Waals surface area contributed by atoms with Gasteiger partial charge in [-0.1, -0.05) is 72.3 Å². The zero-order valence-electron chi connectivity index (χ0n) is 19.3. The van der Waals surface area contributed by atoms with Crippen LogP contribution in [-0.2, 0) is 7.05 Å². The van der Waals surface area contributed by atoms with Crippen LogP contribution in [0.3, 0.4) is 0 Å². The molecule has 34 heavy (non-hydrogen) atoms. The minimum absolute atomic E-state index is 0.0749. The van der Waals surface area contributed by atoms with E-state index in [1.807, 2.05) is 49.5 Å². The van der Waals surface area contributed by atoms with Crippen molar-refractivity contribution in [1.82, 2.24) is 4.57 Å². The molecule has 1 N–H and O–H groups in total. The van der Waals surface area contributed by atoms with Gasteiger partial charge < -0.3 is 14.3 Å². The van der Waals surface area contributed by atoms with E-state index < -0.39 is 0 Å². The number of pyridine rings is 1. The van der Waals surface area contributed by atoms with Gasteiger partial charge in [0.2, 0.25) is 5.88 Å². The van der Waals surface area contributed by atoms with Crippen molar-refractivity contribution in [2.45, 2.75) is 13.8 Å². The van der Waals surface area contributed by atoms with Gasteiger partial charge in [0.25, 0.3) is 5.56 Å². The maximum absolute atomic E-state index is 13.7. The maximum Gasteiger partial charge on any atom is 0.262 e. The molecule has 166 valence electrons. The third-order valence-corrected chi connectivity index (χ3v) is 6.63. The highest BCUT2D eigenvalue weighted by Gasteiger charge is 2.24. The standard InChI is InChI=1S/C30H24N2O2/c1-18-15-16-24(19(2)17-18)31-29-26(22-13-8-10-20-9-4-5-11-21(20)22)27-28(34-29)23-12-6-7-14-25(23)32(3)30(27)33/h4-17,31H,1-3H3. The van der Waals surface area contributed by atoms with Gasteiger partial charge in [0.1, 0.15) is 0 Å². The van der Waals surface area contributed by atoms with Crippen molar-refractivity contribution < 1.29 is 4.42 Å². The van der Waals surface area contributed by atoms with Crippen molar-refractivity contribution in [2.24, 2.45) is 7.05 Å². The first kappa shape index (κ1) is 20.3. The predicted octanol–water partition coefficient (Wildman–Crippen LogP) is 7.47. The molecule has 6 aromatic rings. The molecule has 2 aromatic heterocycles. The summed E-state index contributed by atoms with van der Waals surface area (Å²) in [5.41, 5.74) is 6.39. The molecule has 0 aliphatic rings. The molecular formula is C30H24N2O2. The van der Waals surface area contributed by atoms with Crippen molar-refractivity contribution >= 4 is 44.2 Å². The summed E-state index contributed by atoms with van der Waals surface area (Å²) in [5.74, 6) is 0.576. The quantitative estimate of drug-likeness (QED) is 0.308. The lowest BCUT2D eigenvalue weighted by Gasteiger charge is -2.12. The van der Waals surface area contributed by atoms with Gasteiger partial charge in [0, 0.05) is 18.1 Å². The van der Waals surface area contributed by atoms with Crippen LogP contribution >= 0.6 is 0 Å². The molecular weight excluding hydrogens is 420 g/mol. The fourth-order valence-electron chi connectivity index (χ4n) is 4.92. The molecule has 0 amide bonds. The smallest absolute Gasteiger partial charge is 0.262 e. The van der Waals surface area contributed by atoms with Crippen LogP contribution in [0.1, 0.15) is 11.1 Å². The molecule has 0 aliphatic carbocycles. The fourth-order valence-corrected chi connectivity index (χ4v) is 4.92. The lowest BCUT2D eigenvalue weighted by molar-refractivity contribution is 0.637. The largest absolute Gasteiger partial charge is 0.439 e. The summed E-state index contributed by atoms with van der Waals surface area (Å²) >= 11 is 0. The van der Waals surface area contributed by atoms with E-state index in [-0.39, 0.29) is 5.56 Å². The van der Waals surface area contributed by atoms with Gasteiger partial charge in [-0.3, -0.25) is 4.79 Å². The SMILES string of the molecule is Cc1ccc(Nc2oc3c(c2-c2cccc4ccccc24)c(=O)n(C)c2ccccc32)c(C)c1. The van der Waals surface area contributed by atoms with Crippen LogP contribution in [0.15, 0.2) is 94.1 Å². The van der Waals surface area contributed by atoms with E-state index >= 15 is 0 Å². The topological polar surface area (TPSA) is 47.2 Å². The molecule has 4 heteroatoms. The summed E-state index contributed by atoms with van der Waals surface area (Å²) in [5, 5.41) is 7.21. The Morgan fingerprint density at radius 3 is 2.38 bits per heavy atom. The van der Waals surface area contributed by atoms with Crippen LogP contribution in [-0.4, -0.2) is 4.57 Å². The number of nitrogens with one attached hydrogen (secondary N) is 1. The first-order valence-electron chi connectivity index (χ1n) is 11.4. The summed E-state index contributed by atoms with van der Waals surface area (Å²) in [4.78, 5) is 13.7. The zero-order valence-corrected chi connectivity index (χ0v) is 19.3. The Kier molecular flexibility index (Phi) is 4.56. The molecule has 0 radical (unpaired) electrons. The summed E-state index contributed by atoms with van der Waals surface area (Å²) in [6.45, 7) is 4.15. The van der Waals surface area contributed by atoms with Crippen LogP contribution in [0, 0.1) is 13.8 Å². The van der Waals surface area contributed by atoms with E-state index in [0.717, 1.165) is 44.1 Å². The van der Waals surface area contributed by atoms with E-state index in [2.05, 4.69) is 61.6 Å². The summed E-state index contributed by atoms with van der Waals surface area (Å²) < 4.78 is 8.23. The second-order valence-electron chi connectivity index (χ2n) is 8.86. The van der Waals surface area contributed by atoms with Crippen LogP contribution in [0.5, 0.6) is 0 Å². The molecule has 0 spiro atoms. The number of hydrogen-bond acceptors (Lipinski definition) is 3. The Morgan fingerprint density at radius 1 is 0.824 bits per heavy atom. The van der Waals surface area contributed by atoms with Gasteiger partial charge in [0.15, 0.2) is 5.58 Å². The number of benzene rings is 4. The van der Waals surface area contributed by atoms with Crippen molar-refractivity contribution in [3.8, 4) is 11.1 Å². The van der Waals surface area contributed by atoms with E-state index in [4.69, 9.17) is 4.42 Å². The van der Waals surface area contributed by atoms with E-state index in [1.54, 1.807) is 4.57 Å². The zero-order chi connectivity index (χ0) is 23.4. The number of furan rings is 1. The third kappa shape index (κ3) is 3.03. The average Bonchev–Trinajstić information content (AvgIpc) is 3.23. The van der Waals surface area contributed by atoms with Gasteiger partial charge in [-0.15, -0.1) is 0 Å². The average molecular weight is 445 g/mol. The molecule has 0 unspecified atom stereocenters. The summed E-state index contributed by atoms with van der Waals surface area (Å²) in [6.07, 6.45) is 0. The first-order valence-corrected chi connectivity index (χ1v) is 11.4. The lowest BCUT2D eigenvalue weighted by Crippen LogP contribution is -2.17. The highest BCUT2D eigenvalue weighted by molar-refractivity contribution is 6.14. The lowest BCUT2D eigenvalue weighted by atomic mass is 9.97.